The summed E-state index contributed by atoms with van der Waals surface area (Å²) in [4.78, 5) is 23.7. The Bertz CT molecular complexity index is 845. The van der Waals surface area contributed by atoms with Gasteiger partial charge in [0, 0.05) is 17.3 Å². The van der Waals surface area contributed by atoms with Gasteiger partial charge in [0.05, 0.1) is 5.56 Å². The minimum absolute atomic E-state index is 0.123. The van der Waals surface area contributed by atoms with Crippen LogP contribution in [0.15, 0.2) is 54.6 Å². The molecule has 2 rings (SSSR count). The maximum atomic E-state index is 13.4. The van der Waals surface area contributed by atoms with E-state index in [2.05, 4.69) is 5.32 Å². The molecule has 1 N–H and O–H groups in total. The second-order valence-corrected chi connectivity index (χ2v) is 5.50. The van der Waals surface area contributed by atoms with Crippen LogP contribution in [0.3, 0.4) is 0 Å². The van der Waals surface area contributed by atoms with Gasteiger partial charge in [-0.25, -0.2) is 9.18 Å². The Morgan fingerprint density at radius 2 is 1.70 bits per heavy atom. The zero-order valence-electron chi connectivity index (χ0n) is 14.1. The van der Waals surface area contributed by atoms with Crippen molar-refractivity contribution in [3.63, 3.8) is 0 Å². The molecule has 0 saturated heterocycles. The number of ether oxygens (including phenoxy) is 1. The maximum absolute atomic E-state index is 13.4. The van der Waals surface area contributed by atoms with Crippen LogP contribution in [-0.4, -0.2) is 18.0 Å². The minimum atomic E-state index is -4.48. The fourth-order valence-corrected chi connectivity index (χ4v) is 2.02. The van der Waals surface area contributed by atoms with Crippen molar-refractivity contribution in [3.8, 4) is 0 Å². The Morgan fingerprint density at radius 1 is 1.07 bits per heavy atom. The first-order valence-electron chi connectivity index (χ1n) is 7.78. The van der Waals surface area contributed by atoms with Gasteiger partial charge in [-0.3, -0.25) is 4.79 Å². The zero-order valence-corrected chi connectivity index (χ0v) is 14.1. The average Bonchev–Trinajstić information content (AvgIpc) is 2.60. The van der Waals surface area contributed by atoms with Gasteiger partial charge < -0.3 is 10.1 Å². The Morgan fingerprint density at radius 3 is 2.30 bits per heavy atom. The first-order valence-corrected chi connectivity index (χ1v) is 7.78. The summed E-state index contributed by atoms with van der Waals surface area (Å²) < 4.78 is 55.8. The summed E-state index contributed by atoms with van der Waals surface area (Å²) >= 11 is 0. The maximum Gasteiger partial charge on any atom is 0.416 e. The van der Waals surface area contributed by atoms with Gasteiger partial charge in [0.1, 0.15) is 5.82 Å². The number of hydrogen-bond acceptors (Lipinski definition) is 3. The van der Waals surface area contributed by atoms with Crippen molar-refractivity contribution in [1.29, 1.82) is 0 Å². The highest BCUT2D eigenvalue weighted by molar-refractivity contribution is 5.96. The summed E-state index contributed by atoms with van der Waals surface area (Å²) in [5.74, 6) is -2.11. The molecule has 0 aliphatic carbocycles. The molecule has 142 valence electrons. The Balaban J connectivity index is 1.91. The van der Waals surface area contributed by atoms with Crippen molar-refractivity contribution in [2.45, 2.75) is 19.2 Å². The van der Waals surface area contributed by atoms with Crippen LogP contribution >= 0.6 is 0 Å². The van der Waals surface area contributed by atoms with E-state index in [1.807, 2.05) is 0 Å². The SMILES string of the molecule is C[C@H](OC(=O)/C=C/c1ccccc1F)C(=O)Nc1ccc(C(F)(F)F)cc1. The average molecular weight is 381 g/mol. The third kappa shape index (κ3) is 5.95. The van der Waals surface area contributed by atoms with E-state index in [1.54, 1.807) is 6.07 Å². The molecule has 4 nitrogen and oxygen atoms in total. The first kappa shape index (κ1) is 20.2. The van der Waals surface area contributed by atoms with E-state index in [1.165, 1.54) is 31.2 Å². The predicted octanol–water partition coefficient (Wildman–Crippen LogP) is 4.43. The molecule has 0 bridgehead atoms. The van der Waals surface area contributed by atoms with Crippen molar-refractivity contribution in [3.05, 3.63) is 71.6 Å². The molecule has 0 fully saturated rings. The molecule has 1 amide bonds. The quantitative estimate of drug-likeness (QED) is 0.474. The molecule has 0 aromatic heterocycles. The van der Waals surface area contributed by atoms with Crippen LogP contribution in [-0.2, 0) is 20.5 Å². The standard InChI is InChI=1S/C19H15F4NO3/c1-12(27-17(25)11-6-13-4-2-3-5-16(13)20)18(26)24-15-9-7-14(8-10-15)19(21,22)23/h2-12H,1H3,(H,24,26)/b11-6+/t12-/m0/s1. The number of nitrogens with one attached hydrogen (secondary N) is 1. The highest BCUT2D eigenvalue weighted by atomic mass is 19.4. The molecule has 0 aliphatic rings. The predicted molar refractivity (Wildman–Crippen MR) is 91.1 cm³/mol. The van der Waals surface area contributed by atoms with Gasteiger partial charge in [-0.1, -0.05) is 18.2 Å². The molecule has 0 radical (unpaired) electrons. The molecule has 8 heteroatoms. The molecule has 0 heterocycles. The molecule has 27 heavy (non-hydrogen) atoms. The van der Waals surface area contributed by atoms with E-state index in [0.717, 1.165) is 30.3 Å². The second kappa shape index (κ2) is 8.48. The lowest BCUT2D eigenvalue weighted by Crippen LogP contribution is -2.29. The highest BCUT2D eigenvalue weighted by Gasteiger charge is 2.30. The Kier molecular flexibility index (Phi) is 6.33. The van der Waals surface area contributed by atoms with E-state index >= 15 is 0 Å². The number of alkyl halides is 3. The van der Waals surface area contributed by atoms with Crippen LogP contribution in [0.1, 0.15) is 18.1 Å². The van der Waals surface area contributed by atoms with Gasteiger partial charge in [-0.15, -0.1) is 0 Å². The third-order valence-corrected chi connectivity index (χ3v) is 3.45. The molecule has 2 aromatic rings. The summed E-state index contributed by atoms with van der Waals surface area (Å²) in [5.41, 5.74) is -0.549. The van der Waals surface area contributed by atoms with Crippen LogP contribution in [0, 0.1) is 5.82 Å². The summed E-state index contributed by atoms with van der Waals surface area (Å²) in [6.45, 7) is 1.30. The molecule has 2 aromatic carbocycles. The number of anilines is 1. The van der Waals surface area contributed by atoms with Gasteiger partial charge in [0.25, 0.3) is 5.91 Å². The molecular formula is C19H15F4NO3. The molecule has 0 aliphatic heterocycles. The number of carbonyl (C=O) groups excluding carboxylic acids is 2. The number of halogens is 4. The molecule has 1 atom stereocenters. The summed E-state index contributed by atoms with van der Waals surface area (Å²) in [6.07, 6.45) is -3.50. The van der Waals surface area contributed by atoms with Gasteiger partial charge in [-0.05, 0) is 43.3 Å². The van der Waals surface area contributed by atoms with Crippen LogP contribution in [0.25, 0.3) is 6.08 Å². The number of hydrogen-bond donors (Lipinski definition) is 1. The van der Waals surface area contributed by atoms with Crippen molar-refractivity contribution < 1.29 is 31.9 Å². The van der Waals surface area contributed by atoms with E-state index in [9.17, 15) is 27.2 Å². The largest absolute Gasteiger partial charge is 0.449 e. The van der Waals surface area contributed by atoms with Crippen LogP contribution in [0.4, 0.5) is 23.2 Å². The molecule has 0 spiro atoms. The monoisotopic (exact) mass is 381 g/mol. The molecular weight excluding hydrogens is 366 g/mol. The fourth-order valence-electron chi connectivity index (χ4n) is 2.02. The second-order valence-electron chi connectivity index (χ2n) is 5.50. The van der Waals surface area contributed by atoms with Crippen molar-refractivity contribution >= 4 is 23.6 Å². The van der Waals surface area contributed by atoms with Gasteiger partial charge in [0.15, 0.2) is 6.10 Å². The number of carbonyl (C=O) groups is 2. The van der Waals surface area contributed by atoms with Crippen molar-refractivity contribution in [2.24, 2.45) is 0 Å². The third-order valence-electron chi connectivity index (χ3n) is 3.45. The summed E-state index contributed by atoms with van der Waals surface area (Å²) in [5, 5.41) is 2.34. The van der Waals surface area contributed by atoms with Crippen molar-refractivity contribution in [1.82, 2.24) is 0 Å². The first-order chi connectivity index (χ1) is 12.7. The highest BCUT2D eigenvalue weighted by Crippen LogP contribution is 2.29. The Hall–Kier alpha value is -3.16. The van der Waals surface area contributed by atoms with E-state index < -0.39 is 35.5 Å². The Labute approximate surface area is 152 Å². The summed E-state index contributed by atoms with van der Waals surface area (Å²) in [7, 11) is 0. The van der Waals surface area contributed by atoms with E-state index in [0.29, 0.717) is 0 Å². The number of esters is 1. The number of rotatable bonds is 5. The minimum Gasteiger partial charge on any atom is -0.449 e. The van der Waals surface area contributed by atoms with E-state index in [-0.39, 0.29) is 11.3 Å². The van der Waals surface area contributed by atoms with Crippen LogP contribution in [0.5, 0.6) is 0 Å². The van der Waals surface area contributed by atoms with Crippen LogP contribution < -0.4 is 5.32 Å². The number of amides is 1. The lowest BCUT2D eigenvalue weighted by molar-refractivity contribution is -0.148. The molecule has 0 unspecified atom stereocenters. The van der Waals surface area contributed by atoms with Gasteiger partial charge >= 0.3 is 12.1 Å². The van der Waals surface area contributed by atoms with Gasteiger partial charge in [-0.2, -0.15) is 13.2 Å². The number of benzene rings is 2. The molecule has 0 saturated carbocycles. The fraction of sp³-hybridized carbons (Fsp3) is 0.158. The lowest BCUT2D eigenvalue weighted by atomic mass is 10.2. The zero-order chi connectivity index (χ0) is 20.0. The topological polar surface area (TPSA) is 55.4 Å². The summed E-state index contributed by atoms with van der Waals surface area (Å²) in [6, 6.07) is 9.60. The van der Waals surface area contributed by atoms with E-state index in [4.69, 9.17) is 4.74 Å². The lowest BCUT2D eigenvalue weighted by Gasteiger charge is -2.13. The van der Waals surface area contributed by atoms with Crippen molar-refractivity contribution in [2.75, 3.05) is 5.32 Å². The normalized spacial score (nSPS) is 12.6. The smallest absolute Gasteiger partial charge is 0.416 e. The van der Waals surface area contributed by atoms with Gasteiger partial charge in [0.2, 0.25) is 0 Å². The van der Waals surface area contributed by atoms with Crippen LogP contribution in [0.2, 0.25) is 0 Å².